The lowest BCUT2D eigenvalue weighted by Crippen LogP contribution is -2.41. The topological polar surface area (TPSA) is 66.4 Å². The first-order valence-corrected chi connectivity index (χ1v) is 6.65. The third-order valence-electron chi connectivity index (χ3n) is 1.89. The molecule has 4 nitrogen and oxygen atoms in total. The highest BCUT2D eigenvalue weighted by Crippen LogP contribution is 2.22. The number of hydrogen-bond acceptors (Lipinski definition) is 3. The minimum Gasteiger partial charge on any atom is -0.480 e. The summed E-state index contributed by atoms with van der Waals surface area (Å²) in [6, 6.07) is 6.70. The monoisotopic (exact) mass is 317 g/mol. The summed E-state index contributed by atoms with van der Waals surface area (Å²) in [5.41, 5.74) is 0. The fraction of sp³-hybridized carbons (Fsp3) is 0.273. The van der Waals surface area contributed by atoms with Crippen molar-refractivity contribution in [2.45, 2.75) is 17.9 Å². The molecule has 0 spiro atoms. The van der Waals surface area contributed by atoms with Gasteiger partial charge in [0.2, 0.25) is 5.91 Å². The van der Waals surface area contributed by atoms with E-state index in [-0.39, 0.29) is 5.91 Å². The second-order valence-corrected chi connectivity index (χ2v) is 5.37. The number of carboxylic acid groups (broad SMARTS) is 1. The zero-order valence-electron chi connectivity index (χ0n) is 9.14. The Labute approximate surface area is 112 Å². The molecule has 6 heteroatoms. The molecule has 17 heavy (non-hydrogen) atoms. The van der Waals surface area contributed by atoms with Gasteiger partial charge in [-0.25, -0.2) is 4.79 Å². The molecule has 2 N–H and O–H groups in total. The number of aliphatic carboxylic acids is 1. The molecule has 0 saturated heterocycles. The van der Waals surface area contributed by atoms with E-state index < -0.39 is 12.0 Å². The first kappa shape index (κ1) is 14.1. The zero-order chi connectivity index (χ0) is 12.8. The second kappa shape index (κ2) is 6.66. The van der Waals surface area contributed by atoms with Gasteiger partial charge in [-0.3, -0.25) is 4.79 Å². The highest BCUT2D eigenvalue weighted by molar-refractivity contribution is 9.10. The maximum absolute atomic E-state index is 10.9. The van der Waals surface area contributed by atoms with E-state index in [2.05, 4.69) is 21.2 Å². The highest BCUT2D eigenvalue weighted by Gasteiger charge is 2.18. The molecule has 0 bridgehead atoms. The van der Waals surface area contributed by atoms with Crippen LogP contribution >= 0.6 is 27.7 Å². The molecule has 0 unspecified atom stereocenters. The molecule has 0 fully saturated rings. The molecule has 92 valence electrons. The minimum atomic E-state index is -1.03. The predicted octanol–water partition coefficient (Wildman–Crippen LogP) is 2.13. The number of benzene rings is 1. The van der Waals surface area contributed by atoms with Gasteiger partial charge >= 0.3 is 5.97 Å². The van der Waals surface area contributed by atoms with Crippen molar-refractivity contribution in [3.63, 3.8) is 0 Å². The van der Waals surface area contributed by atoms with E-state index in [1.807, 2.05) is 24.3 Å². The highest BCUT2D eigenvalue weighted by atomic mass is 79.9. The number of thioether (sulfide) groups is 1. The number of hydrogen-bond donors (Lipinski definition) is 2. The Morgan fingerprint density at radius 1 is 1.53 bits per heavy atom. The average Bonchev–Trinajstić information content (AvgIpc) is 2.23. The third-order valence-corrected chi connectivity index (χ3v) is 3.47. The smallest absolute Gasteiger partial charge is 0.327 e. The zero-order valence-corrected chi connectivity index (χ0v) is 11.5. The van der Waals surface area contributed by atoms with Crippen LogP contribution in [0, 0.1) is 0 Å². The van der Waals surface area contributed by atoms with E-state index in [9.17, 15) is 9.59 Å². The van der Waals surface area contributed by atoms with Gasteiger partial charge in [0.25, 0.3) is 0 Å². The Kier molecular flexibility index (Phi) is 5.50. The number of carbonyl (C=O) groups is 2. The fourth-order valence-corrected chi connectivity index (χ4v) is 2.68. The van der Waals surface area contributed by atoms with E-state index in [1.54, 1.807) is 0 Å². The van der Waals surface area contributed by atoms with Gasteiger partial charge in [-0.2, -0.15) is 0 Å². The Hall–Kier alpha value is -1.01. The summed E-state index contributed by atoms with van der Waals surface area (Å²) < 4.78 is 0.939. The molecule has 0 aliphatic carbocycles. The maximum atomic E-state index is 10.9. The summed E-state index contributed by atoms with van der Waals surface area (Å²) in [6.07, 6.45) is 0. The first-order chi connectivity index (χ1) is 7.99. The van der Waals surface area contributed by atoms with Crippen LogP contribution in [0.15, 0.2) is 33.6 Å². The Bertz CT molecular complexity index is 425. The number of halogens is 1. The minimum absolute atomic E-state index is 0.297. The molecule has 0 aromatic heterocycles. The van der Waals surface area contributed by atoms with Crippen LogP contribution in [0.3, 0.4) is 0 Å². The predicted molar refractivity (Wildman–Crippen MR) is 70.1 cm³/mol. The molecule has 0 aliphatic heterocycles. The summed E-state index contributed by atoms with van der Waals surface area (Å²) in [5, 5.41) is 11.3. The van der Waals surface area contributed by atoms with Crippen LogP contribution in [-0.2, 0) is 9.59 Å². The van der Waals surface area contributed by atoms with Crippen molar-refractivity contribution in [2.24, 2.45) is 0 Å². The maximum Gasteiger partial charge on any atom is 0.327 e. The van der Waals surface area contributed by atoms with E-state index in [0.29, 0.717) is 5.75 Å². The van der Waals surface area contributed by atoms with Gasteiger partial charge in [0.15, 0.2) is 0 Å². The van der Waals surface area contributed by atoms with Crippen LogP contribution in [0.1, 0.15) is 6.92 Å². The van der Waals surface area contributed by atoms with Crippen molar-refractivity contribution in [1.82, 2.24) is 5.32 Å². The third kappa shape index (κ3) is 5.23. The van der Waals surface area contributed by atoms with E-state index in [4.69, 9.17) is 5.11 Å². The molecule has 0 aliphatic rings. The van der Waals surface area contributed by atoms with Crippen LogP contribution in [-0.4, -0.2) is 28.8 Å². The molecule has 1 aromatic rings. The lowest BCUT2D eigenvalue weighted by Gasteiger charge is -2.12. The average molecular weight is 318 g/mol. The standard InChI is InChI=1S/C11H12BrNO3S/c1-7(14)13-10(11(15)16)6-17-9-4-2-3-8(12)5-9/h2-5,10H,6H2,1H3,(H,13,14)(H,15,16)/t10-/m0/s1. The number of amides is 1. The Morgan fingerprint density at radius 3 is 2.76 bits per heavy atom. The summed E-state index contributed by atoms with van der Waals surface area (Å²) in [5.74, 6) is -1.07. The van der Waals surface area contributed by atoms with Gasteiger partial charge < -0.3 is 10.4 Å². The molecule has 0 saturated carbocycles. The lowest BCUT2D eigenvalue weighted by molar-refractivity contribution is -0.140. The molecule has 0 heterocycles. The van der Waals surface area contributed by atoms with Gasteiger partial charge in [0, 0.05) is 22.0 Å². The Morgan fingerprint density at radius 2 is 2.24 bits per heavy atom. The number of nitrogens with one attached hydrogen (secondary N) is 1. The molecule has 1 aromatic carbocycles. The summed E-state index contributed by atoms with van der Waals surface area (Å²) >= 11 is 4.73. The summed E-state index contributed by atoms with van der Waals surface area (Å²) in [4.78, 5) is 22.7. The fourth-order valence-electron chi connectivity index (χ4n) is 1.16. The largest absolute Gasteiger partial charge is 0.480 e. The number of carbonyl (C=O) groups excluding carboxylic acids is 1. The van der Waals surface area contributed by atoms with Crippen LogP contribution in [0.4, 0.5) is 0 Å². The van der Waals surface area contributed by atoms with Gasteiger partial charge in [0.1, 0.15) is 6.04 Å². The Balaban J connectivity index is 2.57. The molecule has 1 rings (SSSR count). The molecule has 1 amide bonds. The molecule has 0 radical (unpaired) electrons. The van der Waals surface area contributed by atoms with Crippen molar-refractivity contribution >= 4 is 39.6 Å². The van der Waals surface area contributed by atoms with E-state index in [0.717, 1.165) is 9.37 Å². The summed E-state index contributed by atoms with van der Waals surface area (Å²) in [7, 11) is 0. The SMILES string of the molecule is CC(=O)N[C@@H](CSc1cccc(Br)c1)C(=O)O. The summed E-state index contributed by atoms with van der Waals surface area (Å²) in [6.45, 7) is 1.31. The number of carboxylic acids is 1. The van der Waals surface area contributed by atoms with Crippen LogP contribution in [0.25, 0.3) is 0 Å². The van der Waals surface area contributed by atoms with Crippen molar-refractivity contribution in [2.75, 3.05) is 5.75 Å². The molecule has 1 atom stereocenters. The van der Waals surface area contributed by atoms with Gasteiger partial charge in [-0.1, -0.05) is 22.0 Å². The first-order valence-electron chi connectivity index (χ1n) is 4.87. The number of rotatable bonds is 5. The van der Waals surface area contributed by atoms with Gasteiger partial charge in [-0.05, 0) is 18.2 Å². The lowest BCUT2D eigenvalue weighted by atomic mass is 10.3. The van der Waals surface area contributed by atoms with Gasteiger partial charge in [-0.15, -0.1) is 11.8 Å². The van der Waals surface area contributed by atoms with Crippen molar-refractivity contribution in [3.05, 3.63) is 28.7 Å². The van der Waals surface area contributed by atoms with Crippen molar-refractivity contribution < 1.29 is 14.7 Å². The van der Waals surface area contributed by atoms with Crippen molar-refractivity contribution in [1.29, 1.82) is 0 Å². The normalized spacial score (nSPS) is 11.9. The second-order valence-electron chi connectivity index (χ2n) is 3.36. The molecular weight excluding hydrogens is 306 g/mol. The van der Waals surface area contributed by atoms with E-state index >= 15 is 0 Å². The van der Waals surface area contributed by atoms with E-state index in [1.165, 1.54) is 18.7 Å². The molecular formula is C11H12BrNO3S. The van der Waals surface area contributed by atoms with Gasteiger partial charge in [0.05, 0.1) is 0 Å². The quantitative estimate of drug-likeness (QED) is 0.816. The van der Waals surface area contributed by atoms with Crippen LogP contribution in [0.5, 0.6) is 0 Å². The van der Waals surface area contributed by atoms with Crippen LogP contribution in [0.2, 0.25) is 0 Å². The van der Waals surface area contributed by atoms with Crippen molar-refractivity contribution in [3.8, 4) is 0 Å². The van der Waals surface area contributed by atoms with Crippen LogP contribution < -0.4 is 5.32 Å².